The summed E-state index contributed by atoms with van der Waals surface area (Å²) < 4.78 is 0. The lowest BCUT2D eigenvalue weighted by Gasteiger charge is -2.11. The Morgan fingerprint density at radius 2 is 1.15 bits per heavy atom. The molecule has 0 aliphatic heterocycles. The van der Waals surface area contributed by atoms with Gasteiger partial charge in [-0.1, -0.05) is 36.4 Å². The van der Waals surface area contributed by atoms with E-state index in [1.807, 2.05) is 50.2 Å². The van der Waals surface area contributed by atoms with Crippen molar-refractivity contribution in [1.29, 1.82) is 0 Å². The van der Waals surface area contributed by atoms with Gasteiger partial charge in [0, 0.05) is 11.1 Å². The van der Waals surface area contributed by atoms with Gasteiger partial charge in [0.05, 0.1) is 11.4 Å². The monoisotopic (exact) mass is 264 g/mol. The van der Waals surface area contributed by atoms with E-state index in [0.717, 1.165) is 22.3 Å². The Morgan fingerprint density at radius 3 is 1.50 bits per heavy atom. The van der Waals surface area contributed by atoms with Crippen LogP contribution in [0.15, 0.2) is 46.4 Å². The van der Waals surface area contributed by atoms with E-state index in [0.29, 0.717) is 11.4 Å². The van der Waals surface area contributed by atoms with Gasteiger partial charge in [-0.25, -0.2) is 9.59 Å². The van der Waals surface area contributed by atoms with Crippen molar-refractivity contribution in [3.63, 3.8) is 0 Å². The Hall–Kier alpha value is -2.80. The van der Waals surface area contributed by atoms with Crippen molar-refractivity contribution in [2.45, 2.75) is 13.8 Å². The molecule has 0 spiro atoms. The summed E-state index contributed by atoms with van der Waals surface area (Å²) in [6.45, 7) is 3.72. The highest BCUT2D eigenvalue weighted by atomic mass is 16.1. The van der Waals surface area contributed by atoms with Crippen LogP contribution in [0.3, 0.4) is 0 Å². The molecule has 98 valence electrons. The number of carbonyl (C=O) groups excluding carboxylic acids is 2. The van der Waals surface area contributed by atoms with Crippen molar-refractivity contribution < 1.29 is 9.59 Å². The molecule has 0 bridgehead atoms. The van der Waals surface area contributed by atoms with Crippen molar-refractivity contribution in [2.75, 3.05) is 0 Å². The summed E-state index contributed by atoms with van der Waals surface area (Å²) in [6.07, 6.45) is 3.14. The highest BCUT2D eigenvalue weighted by molar-refractivity contribution is 5.87. The van der Waals surface area contributed by atoms with Crippen molar-refractivity contribution in [1.82, 2.24) is 0 Å². The molecule has 2 aromatic rings. The van der Waals surface area contributed by atoms with Crippen LogP contribution >= 0.6 is 0 Å². The number of rotatable bonds is 3. The van der Waals surface area contributed by atoms with Crippen molar-refractivity contribution in [3.8, 4) is 11.1 Å². The second-order valence-corrected chi connectivity index (χ2v) is 4.35. The normalized spacial score (nSPS) is 9.50. The third kappa shape index (κ3) is 2.47. The zero-order chi connectivity index (χ0) is 14.5. The number of hydrogen-bond acceptors (Lipinski definition) is 4. The molecule has 0 aromatic heterocycles. The molecule has 0 aliphatic rings. The average Bonchev–Trinajstić information content (AvgIpc) is 2.44. The first kappa shape index (κ1) is 13.6. The maximum Gasteiger partial charge on any atom is 0.240 e. The average molecular weight is 264 g/mol. The molecular weight excluding hydrogens is 252 g/mol. The van der Waals surface area contributed by atoms with E-state index in [1.54, 1.807) is 12.2 Å². The molecule has 0 saturated carbocycles. The predicted molar refractivity (Wildman–Crippen MR) is 76.9 cm³/mol. The predicted octanol–water partition coefficient (Wildman–Crippen LogP) is 3.91. The SMILES string of the molecule is Cc1cccc(-c2cccc(C)c2N=C=O)c1N=C=O. The van der Waals surface area contributed by atoms with E-state index in [-0.39, 0.29) is 0 Å². The summed E-state index contributed by atoms with van der Waals surface area (Å²) in [5, 5.41) is 0. The minimum absolute atomic E-state index is 0.537. The topological polar surface area (TPSA) is 58.9 Å². The molecule has 0 unspecified atom stereocenters. The number of aryl methyl sites for hydroxylation is 2. The summed E-state index contributed by atoms with van der Waals surface area (Å²) >= 11 is 0. The summed E-state index contributed by atoms with van der Waals surface area (Å²) in [5.74, 6) is 0. The van der Waals surface area contributed by atoms with Crippen LogP contribution in [0.25, 0.3) is 11.1 Å². The fourth-order valence-electron chi connectivity index (χ4n) is 2.14. The summed E-state index contributed by atoms with van der Waals surface area (Å²) in [5.41, 5.74) is 4.27. The van der Waals surface area contributed by atoms with Crippen LogP contribution in [0, 0.1) is 13.8 Å². The minimum Gasteiger partial charge on any atom is -0.211 e. The number of para-hydroxylation sites is 2. The van der Waals surface area contributed by atoms with Gasteiger partial charge in [0.25, 0.3) is 0 Å². The Bertz CT molecular complexity index is 688. The van der Waals surface area contributed by atoms with E-state index >= 15 is 0 Å². The first-order valence-electron chi connectivity index (χ1n) is 6.04. The fourth-order valence-corrected chi connectivity index (χ4v) is 2.14. The van der Waals surface area contributed by atoms with Crippen molar-refractivity contribution >= 4 is 23.5 Å². The molecule has 0 radical (unpaired) electrons. The Morgan fingerprint density at radius 1 is 0.750 bits per heavy atom. The lowest BCUT2D eigenvalue weighted by atomic mass is 9.97. The third-order valence-corrected chi connectivity index (χ3v) is 3.08. The van der Waals surface area contributed by atoms with Gasteiger partial charge in [-0.15, -0.1) is 0 Å². The van der Waals surface area contributed by atoms with Crippen LogP contribution in [0.1, 0.15) is 11.1 Å². The standard InChI is InChI=1S/C16H12N2O2/c1-11-5-3-7-13(15(11)17-9-19)14-8-4-6-12(2)16(14)18-10-20/h3-8H,1-2H3. The van der Waals surface area contributed by atoms with Gasteiger partial charge in [-0.2, -0.15) is 9.98 Å². The second-order valence-electron chi connectivity index (χ2n) is 4.35. The molecule has 4 nitrogen and oxygen atoms in total. The Kier molecular flexibility index (Phi) is 4.02. The third-order valence-electron chi connectivity index (χ3n) is 3.08. The minimum atomic E-state index is 0.537. The van der Waals surface area contributed by atoms with Gasteiger partial charge in [0.15, 0.2) is 0 Å². The van der Waals surface area contributed by atoms with Gasteiger partial charge >= 0.3 is 0 Å². The van der Waals surface area contributed by atoms with Crippen LogP contribution in [0.2, 0.25) is 0 Å². The van der Waals surface area contributed by atoms with E-state index in [4.69, 9.17) is 0 Å². The highest BCUT2D eigenvalue weighted by Crippen LogP contribution is 2.39. The molecule has 2 rings (SSSR count). The quantitative estimate of drug-likeness (QED) is 0.623. The first-order valence-corrected chi connectivity index (χ1v) is 6.04. The number of benzene rings is 2. The second kappa shape index (κ2) is 5.89. The van der Waals surface area contributed by atoms with Gasteiger partial charge in [-0.3, -0.25) is 0 Å². The number of hydrogen-bond donors (Lipinski definition) is 0. The molecule has 2 aromatic carbocycles. The summed E-state index contributed by atoms with van der Waals surface area (Å²) in [6, 6.07) is 11.1. The van der Waals surface area contributed by atoms with E-state index in [1.165, 1.54) is 0 Å². The largest absolute Gasteiger partial charge is 0.240 e. The van der Waals surface area contributed by atoms with E-state index < -0.39 is 0 Å². The molecule has 0 aliphatic carbocycles. The lowest BCUT2D eigenvalue weighted by Crippen LogP contribution is -1.86. The zero-order valence-corrected chi connectivity index (χ0v) is 11.2. The van der Waals surface area contributed by atoms with Crippen LogP contribution in [0.4, 0.5) is 11.4 Å². The van der Waals surface area contributed by atoms with Crippen LogP contribution in [0.5, 0.6) is 0 Å². The van der Waals surface area contributed by atoms with Crippen LogP contribution in [-0.4, -0.2) is 12.2 Å². The van der Waals surface area contributed by atoms with Crippen molar-refractivity contribution in [2.24, 2.45) is 9.98 Å². The van der Waals surface area contributed by atoms with Crippen LogP contribution in [-0.2, 0) is 9.59 Å². The number of aliphatic imine (C=N–C) groups is 2. The molecule has 4 heteroatoms. The molecule has 0 N–H and O–H groups in total. The number of isocyanates is 2. The van der Waals surface area contributed by atoms with Crippen LogP contribution < -0.4 is 0 Å². The Balaban J connectivity index is 2.82. The molecule has 0 amide bonds. The van der Waals surface area contributed by atoms with Gasteiger partial charge in [-0.05, 0) is 25.0 Å². The maximum absolute atomic E-state index is 10.6. The molecular formula is C16H12N2O2. The van der Waals surface area contributed by atoms with Gasteiger partial charge in [0.2, 0.25) is 12.2 Å². The first-order chi connectivity index (χ1) is 9.69. The van der Waals surface area contributed by atoms with Crippen molar-refractivity contribution in [3.05, 3.63) is 47.5 Å². The highest BCUT2D eigenvalue weighted by Gasteiger charge is 2.12. The zero-order valence-electron chi connectivity index (χ0n) is 11.2. The molecule has 0 fully saturated rings. The molecule has 0 saturated heterocycles. The fraction of sp³-hybridized carbons (Fsp3) is 0.125. The Labute approximate surface area is 116 Å². The molecule has 0 atom stereocenters. The summed E-state index contributed by atoms with van der Waals surface area (Å²) in [7, 11) is 0. The lowest BCUT2D eigenvalue weighted by molar-refractivity contribution is 0.564. The van der Waals surface area contributed by atoms with E-state index in [2.05, 4.69) is 9.98 Å². The van der Waals surface area contributed by atoms with E-state index in [9.17, 15) is 9.59 Å². The molecule has 20 heavy (non-hydrogen) atoms. The molecule has 0 heterocycles. The smallest absolute Gasteiger partial charge is 0.211 e. The summed E-state index contributed by atoms with van der Waals surface area (Å²) in [4.78, 5) is 28.8. The van der Waals surface area contributed by atoms with Gasteiger partial charge in [0.1, 0.15) is 0 Å². The number of nitrogens with zero attached hydrogens (tertiary/aromatic N) is 2. The maximum atomic E-state index is 10.6. The van der Waals surface area contributed by atoms with Gasteiger partial charge < -0.3 is 0 Å².